The quantitative estimate of drug-likeness (QED) is 0.119. The summed E-state index contributed by atoms with van der Waals surface area (Å²) < 4.78 is 48.8. The molecular weight excluding hydrogens is 520 g/mol. The fourth-order valence-corrected chi connectivity index (χ4v) is 3.15. The minimum Gasteiger partial charge on any atom is -0.460 e. The number of carbonyl (C=O) groups is 1. The van der Waals surface area contributed by atoms with Gasteiger partial charge in [-0.1, -0.05) is 48.5 Å². The van der Waals surface area contributed by atoms with E-state index in [1.165, 1.54) is 0 Å². The third kappa shape index (κ3) is 19.6. The van der Waals surface area contributed by atoms with Crippen LogP contribution in [0.15, 0.2) is 60.7 Å². The summed E-state index contributed by atoms with van der Waals surface area (Å²) >= 11 is 0. The van der Waals surface area contributed by atoms with Crippen molar-refractivity contribution >= 4 is 5.97 Å². The Kier molecular flexibility index (Phi) is 21.6. The van der Waals surface area contributed by atoms with Gasteiger partial charge in [0.15, 0.2) is 0 Å². The maximum absolute atomic E-state index is 11.8. The second kappa shape index (κ2) is 25.6. The first-order valence-corrected chi connectivity index (χ1v) is 13.7. The first-order valence-electron chi connectivity index (χ1n) is 13.7. The molecule has 0 aliphatic carbocycles. The molecule has 0 atom stereocenters. The lowest BCUT2D eigenvalue weighted by Gasteiger charge is -2.09. The summed E-state index contributed by atoms with van der Waals surface area (Å²) in [4.78, 5) is 11.8. The van der Waals surface area contributed by atoms with Gasteiger partial charge in [-0.25, -0.2) is 4.79 Å². The Balaban J connectivity index is 1.18. The molecule has 0 spiro atoms. The molecule has 0 heterocycles. The third-order valence-electron chi connectivity index (χ3n) is 5.19. The van der Waals surface area contributed by atoms with Crippen molar-refractivity contribution in [2.75, 3.05) is 106 Å². The summed E-state index contributed by atoms with van der Waals surface area (Å²) in [5.74, 6) is -0.353. The van der Waals surface area contributed by atoms with Crippen LogP contribution in [-0.4, -0.2) is 112 Å². The summed E-state index contributed by atoms with van der Waals surface area (Å²) in [6.45, 7) is 8.16. The Morgan fingerprint density at radius 3 is 1.12 bits per heavy atom. The van der Waals surface area contributed by atoms with Gasteiger partial charge in [0.05, 0.1) is 111 Å². The molecule has 10 nitrogen and oxygen atoms in total. The molecule has 0 fully saturated rings. The van der Waals surface area contributed by atoms with Crippen molar-refractivity contribution in [3.8, 4) is 0 Å². The smallest absolute Gasteiger partial charge is 0.338 e. The second-order valence-electron chi connectivity index (χ2n) is 8.33. The Bertz CT molecular complexity index is 822. The van der Waals surface area contributed by atoms with E-state index < -0.39 is 0 Å². The lowest BCUT2D eigenvalue weighted by Crippen LogP contribution is -2.15. The van der Waals surface area contributed by atoms with Crippen molar-refractivity contribution in [3.05, 3.63) is 71.8 Å². The summed E-state index contributed by atoms with van der Waals surface area (Å²) in [6, 6.07) is 18.9. The van der Waals surface area contributed by atoms with Crippen molar-refractivity contribution in [1.82, 2.24) is 0 Å². The van der Waals surface area contributed by atoms with E-state index in [-0.39, 0.29) is 12.6 Å². The monoisotopic (exact) mass is 564 g/mol. The van der Waals surface area contributed by atoms with E-state index in [9.17, 15) is 4.79 Å². The van der Waals surface area contributed by atoms with E-state index in [1.54, 1.807) is 24.3 Å². The zero-order valence-corrected chi connectivity index (χ0v) is 23.4. The van der Waals surface area contributed by atoms with Crippen molar-refractivity contribution < 1.29 is 47.4 Å². The first-order chi connectivity index (χ1) is 19.9. The predicted molar refractivity (Wildman–Crippen MR) is 149 cm³/mol. The zero-order chi connectivity index (χ0) is 28.2. The summed E-state index contributed by atoms with van der Waals surface area (Å²) in [6.07, 6.45) is 0. The molecule has 2 aromatic rings. The molecule has 0 aliphatic heterocycles. The highest BCUT2D eigenvalue weighted by Crippen LogP contribution is 2.01. The average molecular weight is 565 g/mol. The molecule has 0 bridgehead atoms. The molecule has 2 aromatic carbocycles. The van der Waals surface area contributed by atoms with Crippen LogP contribution in [0.3, 0.4) is 0 Å². The van der Waals surface area contributed by atoms with Gasteiger partial charge < -0.3 is 42.6 Å². The molecule has 0 radical (unpaired) electrons. The lowest BCUT2D eigenvalue weighted by molar-refractivity contribution is -0.0247. The van der Waals surface area contributed by atoms with E-state index in [0.717, 1.165) is 5.56 Å². The van der Waals surface area contributed by atoms with Crippen molar-refractivity contribution in [2.45, 2.75) is 6.61 Å². The van der Waals surface area contributed by atoms with Gasteiger partial charge in [-0.3, -0.25) is 0 Å². The number of carbonyl (C=O) groups excluding carboxylic acids is 1. The highest BCUT2D eigenvalue weighted by Gasteiger charge is 2.05. The van der Waals surface area contributed by atoms with Crippen LogP contribution in [0, 0.1) is 0 Å². The molecule has 10 heteroatoms. The van der Waals surface area contributed by atoms with Gasteiger partial charge in [0.2, 0.25) is 0 Å². The first kappa shape index (κ1) is 33.8. The Hall–Kier alpha value is -2.41. The number of hydrogen-bond donors (Lipinski definition) is 0. The van der Waals surface area contributed by atoms with Crippen LogP contribution in [0.5, 0.6) is 0 Å². The highest BCUT2D eigenvalue weighted by atomic mass is 16.6. The molecular formula is C30H44O10. The molecule has 0 N–H and O–H groups in total. The largest absolute Gasteiger partial charge is 0.460 e. The van der Waals surface area contributed by atoms with Gasteiger partial charge in [0.25, 0.3) is 0 Å². The second-order valence-corrected chi connectivity index (χ2v) is 8.33. The van der Waals surface area contributed by atoms with E-state index in [1.807, 2.05) is 36.4 Å². The fourth-order valence-electron chi connectivity index (χ4n) is 3.15. The van der Waals surface area contributed by atoms with Crippen LogP contribution in [0.2, 0.25) is 0 Å². The summed E-state index contributed by atoms with van der Waals surface area (Å²) in [5.41, 5.74) is 1.68. The van der Waals surface area contributed by atoms with Crippen molar-refractivity contribution in [3.63, 3.8) is 0 Å². The van der Waals surface area contributed by atoms with Gasteiger partial charge >= 0.3 is 5.97 Å². The topological polar surface area (TPSA) is 100 Å². The molecule has 0 saturated carbocycles. The molecule has 0 amide bonds. The number of benzene rings is 2. The standard InChI is InChI=1S/C30H44O10/c31-30(29-9-5-2-6-10-29)40-26-25-38-22-21-36-18-17-34-14-13-32-11-12-33-15-16-35-19-20-37-23-24-39-27-28-7-3-1-4-8-28/h1-10H,11-27H2. The molecule has 40 heavy (non-hydrogen) atoms. The van der Waals surface area contributed by atoms with Crippen molar-refractivity contribution in [1.29, 1.82) is 0 Å². The van der Waals surface area contributed by atoms with Gasteiger partial charge in [-0.2, -0.15) is 0 Å². The number of rotatable bonds is 27. The normalized spacial score (nSPS) is 11.1. The third-order valence-corrected chi connectivity index (χ3v) is 5.19. The Morgan fingerprint density at radius 2 is 0.725 bits per heavy atom. The van der Waals surface area contributed by atoms with Gasteiger partial charge in [-0.05, 0) is 17.7 Å². The van der Waals surface area contributed by atoms with Crippen LogP contribution >= 0.6 is 0 Å². The van der Waals surface area contributed by atoms with Crippen molar-refractivity contribution in [2.24, 2.45) is 0 Å². The van der Waals surface area contributed by atoms with E-state index in [0.29, 0.717) is 111 Å². The minimum atomic E-state index is -0.353. The van der Waals surface area contributed by atoms with E-state index >= 15 is 0 Å². The van der Waals surface area contributed by atoms with Gasteiger partial charge in [0, 0.05) is 0 Å². The van der Waals surface area contributed by atoms with Gasteiger partial charge in [0.1, 0.15) is 6.61 Å². The fraction of sp³-hybridized carbons (Fsp3) is 0.567. The van der Waals surface area contributed by atoms with Crippen LogP contribution in [0.4, 0.5) is 0 Å². The zero-order valence-electron chi connectivity index (χ0n) is 23.4. The van der Waals surface area contributed by atoms with Crippen LogP contribution in [0.25, 0.3) is 0 Å². The van der Waals surface area contributed by atoms with E-state index in [4.69, 9.17) is 42.6 Å². The number of esters is 1. The molecule has 224 valence electrons. The molecule has 0 aromatic heterocycles. The summed E-state index contributed by atoms with van der Waals surface area (Å²) in [7, 11) is 0. The van der Waals surface area contributed by atoms with Crippen LogP contribution < -0.4 is 0 Å². The minimum absolute atomic E-state index is 0.206. The number of hydrogen-bond acceptors (Lipinski definition) is 10. The molecule has 0 aliphatic rings. The lowest BCUT2D eigenvalue weighted by atomic mass is 10.2. The van der Waals surface area contributed by atoms with Crippen LogP contribution in [0.1, 0.15) is 15.9 Å². The molecule has 0 unspecified atom stereocenters. The summed E-state index contributed by atoms with van der Waals surface area (Å²) in [5, 5.41) is 0. The Morgan fingerprint density at radius 1 is 0.400 bits per heavy atom. The number of ether oxygens (including phenoxy) is 9. The average Bonchev–Trinajstić information content (AvgIpc) is 2.99. The van der Waals surface area contributed by atoms with Gasteiger partial charge in [-0.15, -0.1) is 0 Å². The molecule has 0 saturated heterocycles. The molecule has 2 rings (SSSR count). The maximum atomic E-state index is 11.8. The van der Waals surface area contributed by atoms with Crippen LogP contribution in [-0.2, 0) is 49.2 Å². The SMILES string of the molecule is O=C(OCCOCCOCCOCCOCCOCCOCCOCCOCc1ccccc1)c1ccccc1. The highest BCUT2D eigenvalue weighted by molar-refractivity contribution is 5.89. The Labute approximate surface area is 237 Å². The predicted octanol–water partition coefficient (Wildman–Crippen LogP) is 3.18. The van der Waals surface area contributed by atoms with E-state index in [2.05, 4.69) is 0 Å². The maximum Gasteiger partial charge on any atom is 0.338 e.